The molecule has 8 heteroatoms. The molecule has 3 aromatic rings. The third-order valence-electron chi connectivity index (χ3n) is 2.96. The number of aromatic amines is 1. The molecule has 0 unspecified atom stereocenters. The quantitative estimate of drug-likeness (QED) is 0.528. The van der Waals surface area contributed by atoms with Crippen molar-refractivity contribution in [2.75, 3.05) is 0 Å². The molecule has 22 heavy (non-hydrogen) atoms. The minimum absolute atomic E-state index is 0.143. The van der Waals surface area contributed by atoms with E-state index in [1.54, 1.807) is 18.5 Å². The molecular formula is C14H11N5O3. The van der Waals surface area contributed by atoms with Gasteiger partial charge in [0, 0.05) is 18.3 Å². The second-order valence-corrected chi connectivity index (χ2v) is 4.58. The summed E-state index contributed by atoms with van der Waals surface area (Å²) in [7, 11) is 0. The first-order chi connectivity index (χ1) is 10.7. The van der Waals surface area contributed by atoms with Gasteiger partial charge < -0.3 is 4.42 Å². The first kappa shape index (κ1) is 13.8. The average molecular weight is 297 g/mol. The fourth-order valence-electron chi connectivity index (χ4n) is 1.94. The summed E-state index contributed by atoms with van der Waals surface area (Å²) in [5, 5.41) is 12.3. The Bertz CT molecular complexity index is 780. The van der Waals surface area contributed by atoms with Crippen LogP contribution in [-0.2, 0) is 17.6 Å². The van der Waals surface area contributed by atoms with Gasteiger partial charge in [-0.05, 0) is 29.0 Å². The van der Waals surface area contributed by atoms with Crippen molar-refractivity contribution in [1.82, 2.24) is 25.6 Å². The Morgan fingerprint density at radius 1 is 1.27 bits per heavy atom. The highest BCUT2D eigenvalue weighted by Crippen LogP contribution is 2.13. The highest BCUT2D eigenvalue weighted by atomic mass is 16.3. The number of carbonyl (C=O) groups is 2. The molecule has 0 spiro atoms. The number of hydrogen-bond donors (Lipinski definition) is 1. The van der Waals surface area contributed by atoms with Crippen LogP contribution in [0.2, 0.25) is 0 Å². The van der Waals surface area contributed by atoms with Crippen LogP contribution >= 0.6 is 0 Å². The predicted octanol–water partition coefficient (Wildman–Crippen LogP) is 0.773. The van der Waals surface area contributed by atoms with Crippen molar-refractivity contribution in [2.24, 2.45) is 0 Å². The molecule has 0 atom stereocenters. The number of tetrazole rings is 1. The van der Waals surface area contributed by atoms with Crippen molar-refractivity contribution in [1.29, 1.82) is 0 Å². The molecule has 1 N–H and O–H groups in total. The van der Waals surface area contributed by atoms with Crippen LogP contribution in [0.25, 0.3) is 0 Å². The lowest BCUT2D eigenvalue weighted by molar-refractivity contribution is -0.114. The molecule has 8 nitrogen and oxygen atoms in total. The standard InChI is InChI=1S/C14H11N5O3/c20-12(13(21)14-16-18-19-17-14)7-11-6-9(8-22-11)5-10-3-1-2-4-15-10/h1-4,6,8H,5,7H2,(H,16,17,18,19). The Balaban J connectivity index is 1.64. The number of ketones is 2. The smallest absolute Gasteiger partial charge is 0.269 e. The second kappa shape index (κ2) is 6.08. The van der Waals surface area contributed by atoms with Crippen molar-refractivity contribution < 1.29 is 14.0 Å². The van der Waals surface area contributed by atoms with Crippen molar-refractivity contribution in [2.45, 2.75) is 12.8 Å². The van der Waals surface area contributed by atoms with Crippen LogP contribution in [0.1, 0.15) is 27.6 Å². The number of nitrogens with one attached hydrogen (secondary N) is 1. The summed E-state index contributed by atoms with van der Waals surface area (Å²) >= 11 is 0. The largest absolute Gasteiger partial charge is 0.469 e. The molecule has 110 valence electrons. The highest BCUT2D eigenvalue weighted by Gasteiger charge is 2.22. The fraction of sp³-hybridized carbons (Fsp3) is 0.143. The van der Waals surface area contributed by atoms with Crippen LogP contribution in [0.5, 0.6) is 0 Å². The SMILES string of the molecule is O=C(Cc1cc(Cc2ccccn2)co1)C(=O)c1nn[nH]n1. The Labute approximate surface area is 124 Å². The molecule has 0 radical (unpaired) electrons. The van der Waals surface area contributed by atoms with Gasteiger partial charge in [-0.15, -0.1) is 10.2 Å². The van der Waals surface area contributed by atoms with Crippen LogP contribution in [0.15, 0.2) is 41.1 Å². The van der Waals surface area contributed by atoms with Crippen LogP contribution in [0.3, 0.4) is 0 Å². The van der Waals surface area contributed by atoms with Gasteiger partial charge in [-0.1, -0.05) is 6.07 Å². The second-order valence-electron chi connectivity index (χ2n) is 4.58. The van der Waals surface area contributed by atoms with Crippen LogP contribution in [0.4, 0.5) is 0 Å². The number of carbonyl (C=O) groups excluding carboxylic acids is 2. The van der Waals surface area contributed by atoms with Crippen LogP contribution < -0.4 is 0 Å². The van der Waals surface area contributed by atoms with E-state index in [1.165, 1.54) is 0 Å². The van der Waals surface area contributed by atoms with Gasteiger partial charge in [0.25, 0.3) is 5.78 Å². The summed E-state index contributed by atoms with van der Waals surface area (Å²) in [4.78, 5) is 27.8. The average Bonchev–Trinajstić information content (AvgIpc) is 3.19. The van der Waals surface area contributed by atoms with Gasteiger partial charge in [-0.25, -0.2) is 0 Å². The number of hydrogen-bond acceptors (Lipinski definition) is 7. The maximum Gasteiger partial charge on any atom is 0.269 e. The van der Waals surface area contributed by atoms with Gasteiger partial charge >= 0.3 is 0 Å². The van der Waals surface area contributed by atoms with Gasteiger partial charge in [-0.3, -0.25) is 14.6 Å². The molecule has 0 aliphatic carbocycles. The van der Waals surface area contributed by atoms with Crippen molar-refractivity contribution in [3.63, 3.8) is 0 Å². The molecule has 0 bridgehead atoms. The van der Waals surface area contributed by atoms with E-state index >= 15 is 0 Å². The van der Waals surface area contributed by atoms with E-state index in [2.05, 4.69) is 25.6 Å². The van der Waals surface area contributed by atoms with Crippen LogP contribution in [-0.4, -0.2) is 37.2 Å². The number of H-pyrrole nitrogens is 1. The van der Waals surface area contributed by atoms with Crippen molar-refractivity contribution in [3.8, 4) is 0 Å². The molecule has 0 saturated heterocycles. The molecule has 0 saturated carbocycles. The minimum atomic E-state index is -0.795. The van der Waals surface area contributed by atoms with Crippen molar-refractivity contribution in [3.05, 3.63) is 59.6 Å². The van der Waals surface area contributed by atoms with Gasteiger partial charge in [0.2, 0.25) is 11.6 Å². The van der Waals surface area contributed by atoms with E-state index in [0.29, 0.717) is 12.2 Å². The minimum Gasteiger partial charge on any atom is -0.469 e. The number of rotatable bonds is 6. The zero-order chi connectivity index (χ0) is 15.4. The van der Waals surface area contributed by atoms with E-state index < -0.39 is 11.6 Å². The monoisotopic (exact) mass is 297 g/mol. The van der Waals surface area contributed by atoms with Gasteiger partial charge in [0.1, 0.15) is 5.76 Å². The van der Waals surface area contributed by atoms with E-state index in [0.717, 1.165) is 11.3 Å². The normalized spacial score (nSPS) is 10.5. The third kappa shape index (κ3) is 3.11. The highest BCUT2D eigenvalue weighted by molar-refractivity contribution is 6.42. The van der Waals surface area contributed by atoms with E-state index in [9.17, 15) is 9.59 Å². The lowest BCUT2D eigenvalue weighted by Gasteiger charge is -1.95. The molecule has 0 aliphatic heterocycles. The molecule has 3 heterocycles. The summed E-state index contributed by atoms with van der Waals surface area (Å²) in [6.07, 6.45) is 3.71. The summed E-state index contributed by atoms with van der Waals surface area (Å²) < 4.78 is 5.31. The van der Waals surface area contributed by atoms with Gasteiger partial charge in [-0.2, -0.15) is 5.21 Å². The molecule has 0 aromatic carbocycles. The number of pyridine rings is 1. The fourth-order valence-corrected chi connectivity index (χ4v) is 1.94. The van der Waals surface area contributed by atoms with Crippen LogP contribution in [0, 0.1) is 0 Å². The zero-order valence-corrected chi connectivity index (χ0v) is 11.4. The summed E-state index contributed by atoms with van der Waals surface area (Å²) in [5.74, 6) is -1.28. The molecule has 3 rings (SSSR count). The number of nitrogens with zero attached hydrogens (tertiary/aromatic N) is 4. The summed E-state index contributed by atoms with van der Waals surface area (Å²) in [5.41, 5.74) is 1.78. The van der Waals surface area contributed by atoms with Gasteiger partial charge in [0.15, 0.2) is 0 Å². The Morgan fingerprint density at radius 2 is 2.18 bits per heavy atom. The number of furan rings is 1. The maximum absolute atomic E-state index is 11.8. The Kier molecular flexibility index (Phi) is 3.82. The topological polar surface area (TPSA) is 115 Å². The third-order valence-corrected chi connectivity index (χ3v) is 2.96. The number of Topliss-reactive ketones (excluding diaryl/α,β-unsaturated/α-hetero) is 2. The predicted molar refractivity (Wildman–Crippen MR) is 73.0 cm³/mol. The Hall–Kier alpha value is -3.16. The first-order valence-corrected chi connectivity index (χ1v) is 6.49. The molecule has 3 aromatic heterocycles. The van der Waals surface area contributed by atoms with Crippen molar-refractivity contribution >= 4 is 11.6 Å². The van der Waals surface area contributed by atoms with E-state index in [1.807, 2.05) is 18.2 Å². The lowest BCUT2D eigenvalue weighted by Crippen LogP contribution is -2.18. The first-order valence-electron chi connectivity index (χ1n) is 6.49. The molecule has 0 aliphatic rings. The molecule has 0 amide bonds. The van der Waals surface area contributed by atoms with E-state index in [4.69, 9.17) is 4.42 Å². The Morgan fingerprint density at radius 3 is 2.91 bits per heavy atom. The summed E-state index contributed by atoms with van der Waals surface area (Å²) in [6, 6.07) is 7.37. The molecular weight excluding hydrogens is 286 g/mol. The zero-order valence-electron chi connectivity index (χ0n) is 11.4. The lowest BCUT2D eigenvalue weighted by atomic mass is 10.1. The van der Waals surface area contributed by atoms with Gasteiger partial charge in [0.05, 0.1) is 12.7 Å². The number of aromatic nitrogens is 5. The van der Waals surface area contributed by atoms with E-state index in [-0.39, 0.29) is 12.2 Å². The summed E-state index contributed by atoms with van der Waals surface area (Å²) in [6.45, 7) is 0. The maximum atomic E-state index is 11.8. The molecule has 0 fully saturated rings.